The molecule has 2 heterocycles. The third-order valence-electron chi connectivity index (χ3n) is 6.96. The third kappa shape index (κ3) is 4.94. The fourth-order valence-corrected chi connectivity index (χ4v) is 5.44. The molecule has 2 aliphatic heterocycles. The van der Waals surface area contributed by atoms with Crippen LogP contribution in [0.25, 0.3) is 0 Å². The molecule has 3 N–H and O–H groups in total. The minimum absolute atomic E-state index is 0.00287. The summed E-state index contributed by atoms with van der Waals surface area (Å²) in [4.78, 5) is 28.5. The second-order valence-electron chi connectivity index (χ2n) is 9.43. The summed E-state index contributed by atoms with van der Waals surface area (Å²) in [5.41, 5.74) is 2.72. The number of nitrogens with zero attached hydrogens (tertiary/aromatic N) is 1. The molecule has 0 radical (unpaired) electrons. The van der Waals surface area contributed by atoms with Crippen molar-refractivity contribution in [3.05, 3.63) is 93.5 Å². The molecule has 1 fully saturated rings. The second-order valence-corrected chi connectivity index (χ2v) is 10.3. The molecule has 3 aromatic rings. The number of aliphatic hydroxyl groups is 1. The van der Waals surface area contributed by atoms with Crippen LogP contribution in [0.3, 0.4) is 0 Å². The van der Waals surface area contributed by atoms with Crippen LogP contribution in [0.5, 0.6) is 0 Å². The molecule has 8 heteroatoms. The maximum atomic E-state index is 13.6. The van der Waals surface area contributed by atoms with Crippen molar-refractivity contribution >= 4 is 46.4 Å². The first kappa shape index (κ1) is 24.6. The molecule has 1 unspecified atom stereocenters. The van der Waals surface area contributed by atoms with Gasteiger partial charge in [-0.25, -0.2) is 0 Å². The van der Waals surface area contributed by atoms with E-state index in [0.717, 1.165) is 16.7 Å². The van der Waals surface area contributed by atoms with E-state index in [0.29, 0.717) is 53.8 Å². The predicted molar refractivity (Wildman–Crippen MR) is 143 cm³/mol. The van der Waals surface area contributed by atoms with Gasteiger partial charge >= 0.3 is 0 Å². The van der Waals surface area contributed by atoms with Gasteiger partial charge in [0.1, 0.15) is 5.54 Å². The van der Waals surface area contributed by atoms with Crippen LogP contribution in [0.2, 0.25) is 10.0 Å². The van der Waals surface area contributed by atoms with E-state index < -0.39 is 5.54 Å². The van der Waals surface area contributed by atoms with E-state index in [1.807, 2.05) is 48.5 Å². The van der Waals surface area contributed by atoms with Crippen molar-refractivity contribution in [1.82, 2.24) is 4.90 Å². The molecule has 1 saturated heterocycles. The van der Waals surface area contributed by atoms with Gasteiger partial charge in [0.15, 0.2) is 0 Å². The lowest BCUT2D eigenvalue weighted by molar-refractivity contribution is -0.132. The van der Waals surface area contributed by atoms with Crippen molar-refractivity contribution in [3.8, 4) is 0 Å². The summed E-state index contributed by atoms with van der Waals surface area (Å²) < 4.78 is 0. The quantitative estimate of drug-likeness (QED) is 0.423. The zero-order chi connectivity index (χ0) is 25.3. The molecule has 0 bridgehead atoms. The average Bonchev–Trinajstić information content (AvgIpc) is 3.10. The van der Waals surface area contributed by atoms with Crippen molar-refractivity contribution in [2.75, 3.05) is 23.7 Å². The fraction of sp³-hybridized carbons (Fsp3) is 0.286. The maximum absolute atomic E-state index is 13.6. The van der Waals surface area contributed by atoms with Gasteiger partial charge in [0.25, 0.3) is 5.91 Å². The Balaban J connectivity index is 1.50. The Labute approximate surface area is 220 Å². The molecule has 186 valence electrons. The minimum atomic E-state index is -1.13. The molecular formula is C28H27Cl2N3O3. The standard InChI is InChI=1S/C28H27Cl2N3O3/c29-20-6-3-4-18(14-20)17-28(23-9-8-21(30)16-25(23)31-27(28)36)32-24-7-2-1-5-19(24)15-26(35)33-12-10-22(34)11-13-33/h1-9,14,16,22,32,34H,10-13,15,17H2,(H,31,36). The molecule has 0 aromatic heterocycles. The number of likely N-dealkylation sites (tertiary alicyclic amines) is 1. The number of carbonyl (C=O) groups excluding carboxylic acids is 2. The highest BCUT2D eigenvalue weighted by Gasteiger charge is 2.47. The molecule has 0 spiro atoms. The number of anilines is 2. The van der Waals surface area contributed by atoms with Crippen LogP contribution in [-0.4, -0.2) is 41.0 Å². The van der Waals surface area contributed by atoms with Crippen molar-refractivity contribution in [2.24, 2.45) is 0 Å². The van der Waals surface area contributed by atoms with Crippen molar-refractivity contribution in [2.45, 2.75) is 37.3 Å². The number of piperidine rings is 1. The van der Waals surface area contributed by atoms with Crippen LogP contribution >= 0.6 is 23.2 Å². The van der Waals surface area contributed by atoms with Gasteiger partial charge in [-0.15, -0.1) is 0 Å². The van der Waals surface area contributed by atoms with Crippen molar-refractivity contribution in [1.29, 1.82) is 0 Å². The topological polar surface area (TPSA) is 81.7 Å². The fourth-order valence-electron chi connectivity index (χ4n) is 5.06. The lowest BCUT2D eigenvalue weighted by Crippen LogP contribution is -2.44. The Morgan fingerprint density at radius 2 is 1.78 bits per heavy atom. The average molecular weight is 524 g/mol. The van der Waals surface area contributed by atoms with E-state index in [1.54, 1.807) is 23.1 Å². The summed E-state index contributed by atoms with van der Waals surface area (Å²) >= 11 is 12.5. The molecule has 0 aliphatic carbocycles. The van der Waals surface area contributed by atoms with E-state index in [1.165, 1.54) is 0 Å². The summed E-state index contributed by atoms with van der Waals surface area (Å²) in [6.07, 6.45) is 1.38. The lowest BCUT2D eigenvalue weighted by Gasteiger charge is -2.32. The molecule has 3 aromatic carbocycles. The summed E-state index contributed by atoms with van der Waals surface area (Å²) in [5.74, 6) is -0.200. The first-order valence-electron chi connectivity index (χ1n) is 12.0. The Bertz CT molecular complexity index is 1310. The van der Waals surface area contributed by atoms with Gasteiger partial charge in [0, 0.05) is 46.5 Å². The van der Waals surface area contributed by atoms with E-state index >= 15 is 0 Å². The van der Waals surface area contributed by atoms with Crippen LogP contribution in [-0.2, 0) is 28.0 Å². The number of nitrogens with one attached hydrogen (secondary N) is 2. The zero-order valence-corrected chi connectivity index (χ0v) is 21.1. The highest BCUT2D eigenvalue weighted by molar-refractivity contribution is 6.31. The molecule has 2 aliphatic rings. The smallest absolute Gasteiger partial charge is 0.255 e. The van der Waals surface area contributed by atoms with E-state index in [-0.39, 0.29) is 24.3 Å². The molecule has 5 rings (SSSR count). The van der Waals surface area contributed by atoms with Crippen LogP contribution in [0.4, 0.5) is 11.4 Å². The first-order chi connectivity index (χ1) is 17.3. The number of hydrogen-bond donors (Lipinski definition) is 3. The molecule has 36 heavy (non-hydrogen) atoms. The van der Waals surface area contributed by atoms with Gasteiger partial charge in [-0.1, -0.05) is 59.6 Å². The first-order valence-corrected chi connectivity index (χ1v) is 12.8. The number of amides is 2. The molecule has 6 nitrogen and oxygen atoms in total. The number of para-hydroxylation sites is 1. The van der Waals surface area contributed by atoms with Crippen LogP contribution in [0.1, 0.15) is 29.5 Å². The number of halogens is 2. The number of fused-ring (bicyclic) bond motifs is 1. The Hall–Kier alpha value is -3.06. The maximum Gasteiger partial charge on any atom is 0.255 e. The van der Waals surface area contributed by atoms with Crippen LogP contribution < -0.4 is 10.6 Å². The number of carbonyl (C=O) groups is 2. The summed E-state index contributed by atoms with van der Waals surface area (Å²) in [6, 6.07) is 20.4. The predicted octanol–water partition coefficient (Wildman–Crippen LogP) is 5.02. The number of aliphatic hydroxyl groups excluding tert-OH is 1. The highest BCUT2D eigenvalue weighted by atomic mass is 35.5. The van der Waals surface area contributed by atoms with Crippen LogP contribution in [0.15, 0.2) is 66.7 Å². The third-order valence-corrected chi connectivity index (χ3v) is 7.43. The molecule has 2 amide bonds. The van der Waals surface area contributed by atoms with Gasteiger partial charge in [-0.05, 0) is 54.3 Å². The summed E-state index contributed by atoms with van der Waals surface area (Å²) in [5, 5.41) is 17.4. The van der Waals surface area contributed by atoms with Crippen LogP contribution in [0, 0.1) is 0 Å². The molecule has 0 saturated carbocycles. The van der Waals surface area contributed by atoms with Gasteiger partial charge in [0.2, 0.25) is 5.91 Å². The summed E-state index contributed by atoms with van der Waals surface area (Å²) in [7, 11) is 0. The summed E-state index contributed by atoms with van der Waals surface area (Å²) in [6.45, 7) is 1.09. The molecular weight excluding hydrogens is 497 g/mol. The minimum Gasteiger partial charge on any atom is -0.393 e. The monoisotopic (exact) mass is 523 g/mol. The van der Waals surface area contributed by atoms with Gasteiger partial charge in [-0.2, -0.15) is 0 Å². The Morgan fingerprint density at radius 1 is 1.03 bits per heavy atom. The van der Waals surface area contributed by atoms with Crippen molar-refractivity contribution in [3.63, 3.8) is 0 Å². The second kappa shape index (κ2) is 10.1. The van der Waals surface area contributed by atoms with E-state index in [2.05, 4.69) is 10.6 Å². The Morgan fingerprint density at radius 3 is 2.56 bits per heavy atom. The van der Waals surface area contributed by atoms with E-state index in [4.69, 9.17) is 23.2 Å². The Kier molecular flexibility index (Phi) is 6.93. The number of rotatable bonds is 6. The van der Waals surface area contributed by atoms with Crippen molar-refractivity contribution < 1.29 is 14.7 Å². The van der Waals surface area contributed by atoms with Gasteiger partial charge in [-0.3, -0.25) is 9.59 Å². The normalized spacial score (nSPS) is 19.6. The molecule has 1 atom stereocenters. The van der Waals surface area contributed by atoms with Gasteiger partial charge in [0.05, 0.1) is 12.5 Å². The zero-order valence-electron chi connectivity index (χ0n) is 19.6. The largest absolute Gasteiger partial charge is 0.393 e. The highest BCUT2D eigenvalue weighted by Crippen LogP contribution is 2.43. The van der Waals surface area contributed by atoms with Gasteiger partial charge < -0.3 is 20.6 Å². The lowest BCUT2D eigenvalue weighted by atomic mass is 9.84. The number of benzene rings is 3. The number of hydrogen-bond acceptors (Lipinski definition) is 4. The van der Waals surface area contributed by atoms with E-state index in [9.17, 15) is 14.7 Å². The SMILES string of the molecule is O=C(Cc1ccccc1NC1(Cc2cccc(Cl)c2)C(=O)Nc2cc(Cl)ccc21)N1CCC(O)CC1.